The summed E-state index contributed by atoms with van der Waals surface area (Å²) in [6, 6.07) is 86.2. The highest BCUT2D eigenvalue weighted by Crippen LogP contribution is 2.41. The van der Waals surface area contributed by atoms with Gasteiger partial charge >= 0.3 is 0 Å². The molecule has 1 aromatic heterocycles. The molecular weight excluding hydrogens is 725 g/mol. The number of hydrogen-bond acceptors (Lipinski definition) is 2. The molecule has 0 aliphatic carbocycles. The van der Waals surface area contributed by atoms with E-state index in [0.717, 1.165) is 50.3 Å². The third-order valence-electron chi connectivity index (χ3n) is 11.1. The minimum absolute atomic E-state index is 0.691. The van der Waals surface area contributed by atoms with Crippen molar-refractivity contribution in [1.82, 2.24) is 9.97 Å². The summed E-state index contributed by atoms with van der Waals surface area (Å²) < 4.78 is 0. The quantitative estimate of drug-likeness (QED) is 0.146. The summed E-state index contributed by atoms with van der Waals surface area (Å²) in [5, 5.41) is 0. The summed E-state index contributed by atoms with van der Waals surface area (Å²) in [5.41, 5.74) is 18.7. The zero-order chi connectivity index (χ0) is 40.1. The molecule has 2 nitrogen and oxygen atoms in total. The Morgan fingerprint density at radius 1 is 0.183 bits per heavy atom. The zero-order valence-electron chi connectivity index (χ0n) is 33.0. The van der Waals surface area contributed by atoms with E-state index in [9.17, 15) is 0 Å². The lowest BCUT2D eigenvalue weighted by atomic mass is 9.88. The van der Waals surface area contributed by atoms with Gasteiger partial charge in [0.15, 0.2) is 5.82 Å². The van der Waals surface area contributed by atoms with Gasteiger partial charge in [-0.3, -0.25) is 0 Å². The normalized spacial score (nSPS) is 11.0. The summed E-state index contributed by atoms with van der Waals surface area (Å²) in [6.07, 6.45) is 0. The molecule has 60 heavy (non-hydrogen) atoms. The van der Waals surface area contributed by atoms with Crippen molar-refractivity contribution in [2.45, 2.75) is 0 Å². The second-order valence-electron chi connectivity index (χ2n) is 15.0. The molecule has 0 bridgehead atoms. The van der Waals surface area contributed by atoms with Crippen LogP contribution in [0, 0.1) is 0 Å². The van der Waals surface area contributed by atoms with E-state index in [1.807, 2.05) is 24.3 Å². The average molecular weight is 765 g/mol. The van der Waals surface area contributed by atoms with Crippen LogP contribution in [0.4, 0.5) is 0 Å². The maximum absolute atomic E-state index is 5.30. The Balaban J connectivity index is 1.21. The number of benzene rings is 9. The maximum atomic E-state index is 5.30. The molecule has 9 aromatic carbocycles. The summed E-state index contributed by atoms with van der Waals surface area (Å²) in [6.45, 7) is 0. The molecule has 0 unspecified atom stereocenters. The van der Waals surface area contributed by atoms with E-state index in [1.54, 1.807) is 0 Å². The van der Waals surface area contributed by atoms with Gasteiger partial charge in [-0.15, -0.1) is 0 Å². The molecule has 0 N–H and O–H groups in total. The van der Waals surface area contributed by atoms with Crippen LogP contribution in [0.5, 0.6) is 0 Å². The minimum Gasteiger partial charge on any atom is -0.228 e. The van der Waals surface area contributed by atoms with Crippen molar-refractivity contribution in [2.24, 2.45) is 0 Å². The monoisotopic (exact) mass is 764 g/mol. The topological polar surface area (TPSA) is 25.8 Å². The van der Waals surface area contributed by atoms with Gasteiger partial charge in [0, 0.05) is 16.7 Å². The molecule has 0 saturated carbocycles. The molecule has 0 fully saturated rings. The summed E-state index contributed by atoms with van der Waals surface area (Å²) in [4.78, 5) is 10.4. The Morgan fingerprint density at radius 3 is 0.900 bits per heavy atom. The zero-order valence-corrected chi connectivity index (χ0v) is 33.0. The van der Waals surface area contributed by atoms with E-state index in [4.69, 9.17) is 9.97 Å². The molecule has 0 aliphatic rings. The first-order chi connectivity index (χ1) is 29.7. The molecule has 10 aromatic rings. The fourth-order valence-electron chi connectivity index (χ4n) is 8.08. The van der Waals surface area contributed by atoms with Crippen LogP contribution in [0.2, 0.25) is 0 Å². The summed E-state index contributed by atoms with van der Waals surface area (Å²) >= 11 is 0. The first-order valence-electron chi connectivity index (χ1n) is 20.4. The Morgan fingerprint density at radius 2 is 0.500 bits per heavy atom. The van der Waals surface area contributed by atoms with Gasteiger partial charge in [-0.1, -0.05) is 206 Å². The van der Waals surface area contributed by atoms with Crippen LogP contribution in [0.15, 0.2) is 243 Å². The third-order valence-corrected chi connectivity index (χ3v) is 11.1. The molecular formula is C58H40N2. The van der Waals surface area contributed by atoms with Crippen molar-refractivity contribution in [2.75, 3.05) is 0 Å². The number of hydrogen-bond donors (Lipinski definition) is 0. The predicted octanol–water partition coefficient (Wildman–Crippen LogP) is 15.5. The molecule has 0 spiro atoms. The lowest BCUT2D eigenvalue weighted by Crippen LogP contribution is -1.97. The van der Waals surface area contributed by atoms with Gasteiger partial charge in [0.1, 0.15) is 0 Å². The Labute approximate surface area is 351 Å². The van der Waals surface area contributed by atoms with Crippen molar-refractivity contribution in [1.29, 1.82) is 0 Å². The van der Waals surface area contributed by atoms with Gasteiger partial charge in [-0.05, 0) is 103 Å². The van der Waals surface area contributed by atoms with Crippen LogP contribution < -0.4 is 0 Å². The predicted molar refractivity (Wildman–Crippen MR) is 251 cm³/mol. The van der Waals surface area contributed by atoms with Crippen molar-refractivity contribution in [3.05, 3.63) is 243 Å². The fourth-order valence-corrected chi connectivity index (χ4v) is 8.08. The van der Waals surface area contributed by atoms with E-state index in [-0.39, 0.29) is 0 Å². The van der Waals surface area contributed by atoms with E-state index in [0.29, 0.717) is 5.82 Å². The summed E-state index contributed by atoms with van der Waals surface area (Å²) in [5.74, 6) is 0.691. The van der Waals surface area contributed by atoms with Crippen molar-refractivity contribution < 1.29 is 0 Å². The summed E-state index contributed by atoms with van der Waals surface area (Å²) in [7, 11) is 0. The Bertz CT molecular complexity index is 2830. The SMILES string of the molecule is c1ccc(-c2cc(-c3cc(-c4ccc(-c5ccccc5)c(-c5ccccc5)c4)cc(-c4ccc(-c5ccccc5)c(-c5ccccc5)c4)c3)nc(-c3ccccc3)n2)cc1. The largest absolute Gasteiger partial charge is 0.228 e. The molecule has 2 heteroatoms. The van der Waals surface area contributed by atoms with E-state index in [1.165, 1.54) is 44.5 Å². The van der Waals surface area contributed by atoms with Crippen molar-refractivity contribution >= 4 is 0 Å². The van der Waals surface area contributed by atoms with Gasteiger partial charge < -0.3 is 0 Å². The number of rotatable bonds is 9. The van der Waals surface area contributed by atoms with Crippen LogP contribution in [0.1, 0.15) is 0 Å². The van der Waals surface area contributed by atoms with Gasteiger partial charge in [-0.25, -0.2) is 9.97 Å². The molecule has 1 heterocycles. The van der Waals surface area contributed by atoms with Gasteiger partial charge in [0.2, 0.25) is 0 Å². The fraction of sp³-hybridized carbons (Fsp3) is 0. The van der Waals surface area contributed by atoms with Gasteiger partial charge in [0.25, 0.3) is 0 Å². The lowest BCUT2D eigenvalue weighted by molar-refractivity contribution is 1.18. The molecule has 0 radical (unpaired) electrons. The highest BCUT2D eigenvalue weighted by Gasteiger charge is 2.17. The van der Waals surface area contributed by atoms with Crippen LogP contribution in [0.25, 0.3) is 101 Å². The van der Waals surface area contributed by atoms with Crippen LogP contribution in [-0.2, 0) is 0 Å². The standard InChI is InChI=1S/C58H40N2/c1-7-19-41(20-8-1)52-33-31-47(38-54(52)43-23-11-3-12-24-43)49-35-50(48-32-34-53(42-21-9-2-10-22-42)55(39-48)44-25-13-4-14-26-44)37-51(36-49)57-40-56(45-27-15-5-16-28-45)59-58(60-57)46-29-17-6-18-30-46/h1-40H. The molecule has 10 rings (SSSR count). The van der Waals surface area contributed by atoms with E-state index >= 15 is 0 Å². The van der Waals surface area contributed by atoms with Crippen LogP contribution in [-0.4, -0.2) is 9.97 Å². The number of aromatic nitrogens is 2. The van der Waals surface area contributed by atoms with Crippen molar-refractivity contribution in [3.63, 3.8) is 0 Å². The van der Waals surface area contributed by atoms with Gasteiger partial charge in [-0.2, -0.15) is 0 Å². The highest BCUT2D eigenvalue weighted by molar-refractivity contribution is 5.91. The maximum Gasteiger partial charge on any atom is 0.160 e. The smallest absolute Gasteiger partial charge is 0.160 e. The van der Waals surface area contributed by atoms with E-state index in [2.05, 4.69) is 218 Å². The molecule has 0 saturated heterocycles. The van der Waals surface area contributed by atoms with Crippen LogP contribution >= 0.6 is 0 Å². The van der Waals surface area contributed by atoms with Gasteiger partial charge in [0.05, 0.1) is 11.4 Å². The lowest BCUT2D eigenvalue weighted by Gasteiger charge is -2.17. The second kappa shape index (κ2) is 16.5. The second-order valence-corrected chi connectivity index (χ2v) is 15.0. The average Bonchev–Trinajstić information content (AvgIpc) is 3.35. The Kier molecular flexibility index (Phi) is 10.0. The Hall–Kier alpha value is -7.94. The molecule has 0 amide bonds. The number of nitrogens with zero attached hydrogens (tertiary/aromatic N) is 2. The molecule has 0 atom stereocenters. The van der Waals surface area contributed by atoms with Crippen LogP contribution in [0.3, 0.4) is 0 Å². The first-order valence-corrected chi connectivity index (χ1v) is 20.4. The third kappa shape index (κ3) is 7.58. The first kappa shape index (κ1) is 36.4. The molecule has 282 valence electrons. The molecule has 0 aliphatic heterocycles. The van der Waals surface area contributed by atoms with E-state index < -0.39 is 0 Å². The highest BCUT2D eigenvalue weighted by atomic mass is 14.9. The van der Waals surface area contributed by atoms with Crippen molar-refractivity contribution in [3.8, 4) is 101 Å². The minimum atomic E-state index is 0.691.